The zero-order valence-corrected chi connectivity index (χ0v) is 12.0. The van der Waals surface area contributed by atoms with E-state index in [2.05, 4.69) is 15.6 Å². The molecule has 2 unspecified atom stereocenters. The maximum absolute atomic E-state index is 12.1. The Bertz CT molecular complexity index is 421. The SMILES string of the molecule is CC(C)NC(=O)C(C)n1cncc1C1CCCCN1. The highest BCUT2D eigenvalue weighted by molar-refractivity contribution is 5.80. The van der Waals surface area contributed by atoms with E-state index in [0.717, 1.165) is 18.7 Å². The Morgan fingerprint density at radius 2 is 2.26 bits per heavy atom. The number of aromatic nitrogens is 2. The van der Waals surface area contributed by atoms with Crippen molar-refractivity contribution in [3.05, 3.63) is 18.2 Å². The number of imidazole rings is 1. The van der Waals surface area contributed by atoms with Crippen molar-refractivity contribution in [2.45, 2.75) is 58.2 Å². The van der Waals surface area contributed by atoms with Gasteiger partial charge in [-0.25, -0.2) is 4.98 Å². The van der Waals surface area contributed by atoms with Crippen LogP contribution in [0, 0.1) is 0 Å². The van der Waals surface area contributed by atoms with Gasteiger partial charge in [-0.1, -0.05) is 6.42 Å². The summed E-state index contributed by atoms with van der Waals surface area (Å²) in [5.41, 5.74) is 1.12. The summed E-state index contributed by atoms with van der Waals surface area (Å²) in [7, 11) is 0. The highest BCUT2D eigenvalue weighted by atomic mass is 16.2. The zero-order chi connectivity index (χ0) is 13.8. The third-order valence-electron chi connectivity index (χ3n) is 3.59. The Morgan fingerprint density at radius 1 is 1.47 bits per heavy atom. The normalized spacial score (nSPS) is 21.4. The highest BCUT2D eigenvalue weighted by Gasteiger charge is 2.23. The molecular weight excluding hydrogens is 240 g/mol. The van der Waals surface area contributed by atoms with Crippen LogP contribution in [-0.2, 0) is 4.79 Å². The molecule has 1 amide bonds. The van der Waals surface area contributed by atoms with E-state index in [0.29, 0.717) is 6.04 Å². The fourth-order valence-electron chi connectivity index (χ4n) is 2.54. The molecule has 1 aliphatic heterocycles. The number of nitrogens with one attached hydrogen (secondary N) is 2. The summed E-state index contributed by atoms with van der Waals surface area (Å²) in [5.74, 6) is 0.0464. The lowest BCUT2D eigenvalue weighted by atomic mass is 10.0. The second-order valence-corrected chi connectivity index (χ2v) is 5.57. The lowest BCUT2D eigenvalue weighted by molar-refractivity contribution is -0.124. The minimum atomic E-state index is -0.219. The number of piperidine rings is 1. The maximum Gasteiger partial charge on any atom is 0.243 e. The van der Waals surface area contributed by atoms with Crippen molar-refractivity contribution in [2.75, 3.05) is 6.54 Å². The Morgan fingerprint density at radius 3 is 2.89 bits per heavy atom. The Kier molecular flexibility index (Phi) is 4.58. The van der Waals surface area contributed by atoms with Gasteiger partial charge in [0.15, 0.2) is 0 Å². The van der Waals surface area contributed by atoms with Gasteiger partial charge in [-0.15, -0.1) is 0 Å². The summed E-state index contributed by atoms with van der Waals surface area (Å²) in [6.07, 6.45) is 7.21. The molecule has 106 valence electrons. The van der Waals surface area contributed by atoms with Crippen LogP contribution in [0.2, 0.25) is 0 Å². The quantitative estimate of drug-likeness (QED) is 0.871. The smallest absolute Gasteiger partial charge is 0.243 e. The number of hydrogen-bond donors (Lipinski definition) is 2. The molecule has 0 aliphatic carbocycles. The zero-order valence-electron chi connectivity index (χ0n) is 12.0. The maximum atomic E-state index is 12.1. The minimum Gasteiger partial charge on any atom is -0.352 e. The van der Waals surface area contributed by atoms with E-state index in [1.165, 1.54) is 12.8 Å². The molecule has 0 bridgehead atoms. The van der Waals surface area contributed by atoms with Gasteiger partial charge in [0.05, 0.1) is 12.0 Å². The van der Waals surface area contributed by atoms with Crippen molar-refractivity contribution in [1.29, 1.82) is 0 Å². The molecule has 1 saturated heterocycles. The van der Waals surface area contributed by atoms with Gasteiger partial charge >= 0.3 is 0 Å². The van der Waals surface area contributed by atoms with Gasteiger partial charge in [-0.2, -0.15) is 0 Å². The third kappa shape index (κ3) is 3.35. The van der Waals surface area contributed by atoms with Crippen molar-refractivity contribution in [3.63, 3.8) is 0 Å². The predicted molar refractivity (Wildman–Crippen MR) is 74.8 cm³/mol. The number of hydrogen-bond acceptors (Lipinski definition) is 3. The first-order valence-corrected chi connectivity index (χ1v) is 7.15. The van der Waals surface area contributed by atoms with Crippen LogP contribution in [-0.4, -0.2) is 28.0 Å². The lowest BCUT2D eigenvalue weighted by Crippen LogP contribution is -2.37. The summed E-state index contributed by atoms with van der Waals surface area (Å²) >= 11 is 0. The number of nitrogens with zero attached hydrogens (tertiary/aromatic N) is 2. The highest BCUT2D eigenvalue weighted by Crippen LogP contribution is 2.24. The first-order chi connectivity index (χ1) is 9.09. The monoisotopic (exact) mass is 264 g/mol. The summed E-state index contributed by atoms with van der Waals surface area (Å²) in [6.45, 7) is 6.92. The molecule has 0 spiro atoms. The van der Waals surface area contributed by atoms with Gasteiger partial charge in [0.2, 0.25) is 5.91 Å². The van der Waals surface area contributed by atoms with Gasteiger partial charge < -0.3 is 15.2 Å². The summed E-state index contributed by atoms with van der Waals surface area (Å²) in [4.78, 5) is 16.3. The van der Waals surface area contributed by atoms with Crippen LogP contribution < -0.4 is 10.6 Å². The molecule has 1 aromatic heterocycles. The first-order valence-electron chi connectivity index (χ1n) is 7.15. The van der Waals surface area contributed by atoms with E-state index < -0.39 is 0 Å². The van der Waals surface area contributed by atoms with Gasteiger partial charge in [0.1, 0.15) is 6.04 Å². The molecule has 2 N–H and O–H groups in total. The van der Waals surface area contributed by atoms with Gasteiger partial charge in [0, 0.05) is 18.3 Å². The van der Waals surface area contributed by atoms with Crippen LogP contribution in [0.5, 0.6) is 0 Å². The van der Waals surface area contributed by atoms with Crippen LogP contribution in [0.25, 0.3) is 0 Å². The molecule has 2 heterocycles. The molecule has 5 heteroatoms. The van der Waals surface area contributed by atoms with Crippen molar-refractivity contribution < 1.29 is 4.79 Å². The van der Waals surface area contributed by atoms with Crippen LogP contribution >= 0.6 is 0 Å². The predicted octanol–water partition coefficient (Wildman–Crippen LogP) is 1.78. The van der Waals surface area contributed by atoms with Crippen molar-refractivity contribution >= 4 is 5.91 Å². The molecule has 1 aliphatic rings. The fraction of sp³-hybridized carbons (Fsp3) is 0.714. The van der Waals surface area contributed by atoms with Gasteiger partial charge in [-0.05, 0) is 40.2 Å². The molecule has 1 aromatic rings. The largest absolute Gasteiger partial charge is 0.352 e. The van der Waals surface area contributed by atoms with E-state index in [-0.39, 0.29) is 18.0 Å². The second-order valence-electron chi connectivity index (χ2n) is 5.57. The number of carbonyl (C=O) groups excluding carboxylic acids is 1. The summed E-state index contributed by atoms with van der Waals surface area (Å²) in [6, 6.07) is 0.268. The summed E-state index contributed by atoms with van der Waals surface area (Å²) in [5, 5.41) is 6.46. The lowest BCUT2D eigenvalue weighted by Gasteiger charge is -2.26. The van der Waals surface area contributed by atoms with Crippen molar-refractivity contribution in [1.82, 2.24) is 20.2 Å². The Hall–Kier alpha value is -1.36. The number of rotatable bonds is 4. The van der Waals surface area contributed by atoms with Crippen molar-refractivity contribution in [2.24, 2.45) is 0 Å². The molecule has 1 fully saturated rings. The summed E-state index contributed by atoms with van der Waals surface area (Å²) < 4.78 is 1.99. The average molecular weight is 264 g/mol. The number of amides is 1. The van der Waals surface area contributed by atoms with Crippen molar-refractivity contribution in [3.8, 4) is 0 Å². The van der Waals surface area contributed by atoms with E-state index in [9.17, 15) is 4.79 Å². The molecule has 2 rings (SSSR count). The average Bonchev–Trinajstić information content (AvgIpc) is 2.87. The Balaban J connectivity index is 2.11. The molecule has 19 heavy (non-hydrogen) atoms. The van der Waals surface area contributed by atoms with E-state index >= 15 is 0 Å². The standard InChI is InChI=1S/C14H24N4O/c1-10(2)17-14(19)11(3)18-9-15-8-13(18)12-6-4-5-7-16-12/h8-12,16H,4-7H2,1-3H3,(H,17,19). The molecule has 0 radical (unpaired) electrons. The van der Waals surface area contributed by atoms with Crippen LogP contribution in [0.1, 0.15) is 57.8 Å². The first kappa shape index (κ1) is 14.1. The van der Waals surface area contributed by atoms with Crippen LogP contribution in [0.4, 0.5) is 0 Å². The van der Waals surface area contributed by atoms with E-state index in [1.807, 2.05) is 31.5 Å². The second kappa shape index (κ2) is 6.19. The van der Waals surface area contributed by atoms with E-state index in [1.54, 1.807) is 6.33 Å². The number of carbonyl (C=O) groups is 1. The van der Waals surface area contributed by atoms with Gasteiger partial charge in [-0.3, -0.25) is 4.79 Å². The van der Waals surface area contributed by atoms with E-state index in [4.69, 9.17) is 0 Å². The molecular formula is C14H24N4O. The minimum absolute atomic E-state index is 0.0464. The molecule has 0 saturated carbocycles. The fourth-order valence-corrected chi connectivity index (χ4v) is 2.54. The molecule has 2 atom stereocenters. The van der Waals surface area contributed by atoms with Crippen LogP contribution in [0.3, 0.4) is 0 Å². The third-order valence-corrected chi connectivity index (χ3v) is 3.59. The molecule has 5 nitrogen and oxygen atoms in total. The topological polar surface area (TPSA) is 59.0 Å². The van der Waals surface area contributed by atoms with Crippen LogP contribution in [0.15, 0.2) is 12.5 Å². The van der Waals surface area contributed by atoms with Gasteiger partial charge in [0.25, 0.3) is 0 Å². The Labute approximate surface area is 114 Å². The molecule has 0 aromatic carbocycles.